The van der Waals surface area contributed by atoms with Gasteiger partial charge in [-0.3, -0.25) is 0 Å². The fourth-order valence-electron chi connectivity index (χ4n) is 3.98. The summed E-state index contributed by atoms with van der Waals surface area (Å²) >= 11 is 0. The Morgan fingerprint density at radius 3 is 2.59 bits per heavy atom. The van der Waals surface area contributed by atoms with Crippen molar-refractivity contribution in [3.63, 3.8) is 0 Å². The third-order valence-electron chi connectivity index (χ3n) is 5.65. The maximum atomic E-state index is 10.4. The van der Waals surface area contributed by atoms with E-state index in [0.29, 0.717) is 13.2 Å². The number of fused-ring (bicyclic) bond motifs is 1. The van der Waals surface area contributed by atoms with Crippen LogP contribution in [0.5, 0.6) is 5.75 Å². The highest BCUT2D eigenvalue weighted by Gasteiger charge is 2.21. The van der Waals surface area contributed by atoms with Crippen LogP contribution in [0.2, 0.25) is 0 Å². The van der Waals surface area contributed by atoms with Gasteiger partial charge in [0.1, 0.15) is 5.75 Å². The summed E-state index contributed by atoms with van der Waals surface area (Å²) in [5.74, 6) is 0.857. The smallest absolute Gasteiger partial charge is 0.118 e. The molecule has 0 bridgehead atoms. The van der Waals surface area contributed by atoms with Crippen molar-refractivity contribution in [2.45, 2.75) is 37.5 Å². The van der Waals surface area contributed by atoms with Gasteiger partial charge in [0, 0.05) is 19.1 Å². The van der Waals surface area contributed by atoms with E-state index in [2.05, 4.69) is 60.7 Å². The molecule has 0 spiro atoms. The molecular weight excluding hydrogens is 364 g/mol. The van der Waals surface area contributed by atoms with Gasteiger partial charge in [0.15, 0.2) is 0 Å². The van der Waals surface area contributed by atoms with Gasteiger partial charge in [0.25, 0.3) is 0 Å². The lowest BCUT2D eigenvalue weighted by molar-refractivity contribution is -0.0169. The van der Waals surface area contributed by atoms with Crippen LogP contribution in [0.15, 0.2) is 48.5 Å². The summed E-state index contributed by atoms with van der Waals surface area (Å²) in [6, 6.07) is 16.9. The van der Waals surface area contributed by atoms with Crippen molar-refractivity contribution in [3.05, 3.63) is 65.2 Å². The quantitative estimate of drug-likeness (QED) is 0.643. The second-order valence-corrected chi connectivity index (χ2v) is 7.98. The number of rotatable bonds is 10. The Hall–Kier alpha value is -1.92. The average molecular weight is 399 g/mol. The van der Waals surface area contributed by atoms with E-state index in [1.54, 1.807) is 7.11 Å². The van der Waals surface area contributed by atoms with Crippen molar-refractivity contribution >= 4 is 0 Å². The van der Waals surface area contributed by atoms with E-state index < -0.39 is 6.10 Å². The van der Waals surface area contributed by atoms with Crippen LogP contribution in [0.3, 0.4) is 0 Å². The summed E-state index contributed by atoms with van der Waals surface area (Å²) in [4.78, 5) is 2.18. The first kappa shape index (κ1) is 21.8. The number of hydrogen-bond acceptors (Lipinski definition) is 5. The van der Waals surface area contributed by atoms with Crippen LogP contribution in [0.25, 0.3) is 0 Å². The van der Waals surface area contributed by atoms with Crippen molar-refractivity contribution < 1.29 is 14.6 Å². The zero-order valence-electron chi connectivity index (χ0n) is 17.8. The van der Waals surface area contributed by atoms with Crippen molar-refractivity contribution in [2.75, 3.05) is 40.9 Å². The molecule has 0 saturated heterocycles. The molecule has 3 unspecified atom stereocenters. The monoisotopic (exact) mass is 398 g/mol. The van der Waals surface area contributed by atoms with Gasteiger partial charge in [-0.25, -0.2) is 0 Å². The van der Waals surface area contributed by atoms with Crippen LogP contribution >= 0.6 is 0 Å². The van der Waals surface area contributed by atoms with Gasteiger partial charge in [-0.05, 0) is 62.2 Å². The Kier molecular flexibility index (Phi) is 8.07. The number of benzene rings is 2. The van der Waals surface area contributed by atoms with E-state index in [4.69, 9.17) is 9.47 Å². The lowest BCUT2D eigenvalue weighted by Crippen LogP contribution is -2.37. The molecule has 0 aromatic heterocycles. The Morgan fingerprint density at radius 1 is 1.10 bits per heavy atom. The number of nitrogens with zero attached hydrogens (tertiary/aromatic N) is 1. The van der Waals surface area contributed by atoms with E-state index >= 15 is 0 Å². The number of aryl methyl sites for hydroxylation is 1. The van der Waals surface area contributed by atoms with Crippen LogP contribution in [0.4, 0.5) is 0 Å². The number of likely N-dealkylation sites (N-methyl/N-ethyl adjacent to an activating group) is 1. The third kappa shape index (κ3) is 6.03. The largest absolute Gasteiger partial charge is 0.497 e. The molecule has 158 valence electrons. The van der Waals surface area contributed by atoms with E-state index in [9.17, 15) is 5.11 Å². The molecule has 5 heteroatoms. The van der Waals surface area contributed by atoms with Crippen molar-refractivity contribution in [3.8, 4) is 5.75 Å². The topological polar surface area (TPSA) is 54.0 Å². The molecule has 0 heterocycles. The standard InChI is InChI=1S/C24H34N2O3/c1-26(2)23(19-11-13-21(28-3)14-12-19)16-25-15-20(27)17-29-24-10-6-8-18-7-4-5-9-22(18)24/h4-5,7,9,11-14,20,23-25,27H,6,8,10,15-17H2,1-3H3. The molecule has 29 heavy (non-hydrogen) atoms. The van der Waals surface area contributed by atoms with E-state index in [0.717, 1.165) is 31.6 Å². The fraction of sp³-hybridized carbons (Fsp3) is 0.500. The van der Waals surface area contributed by atoms with Crippen LogP contribution in [0.1, 0.15) is 41.7 Å². The van der Waals surface area contributed by atoms with Crippen LogP contribution in [-0.4, -0.2) is 57.0 Å². The van der Waals surface area contributed by atoms with E-state index in [1.807, 2.05) is 12.1 Å². The van der Waals surface area contributed by atoms with Gasteiger partial charge in [0.05, 0.1) is 25.9 Å². The zero-order valence-corrected chi connectivity index (χ0v) is 17.8. The molecule has 0 amide bonds. The highest BCUT2D eigenvalue weighted by molar-refractivity contribution is 5.31. The Labute approximate surface area is 174 Å². The van der Waals surface area contributed by atoms with Crippen LogP contribution in [-0.2, 0) is 11.2 Å². The average Bonchev–Trinajstić information content (AvgIpc) is 2.75. The number of ether oxygens (including phenoxy) is 2. The predicted octanol–water partition coefficient (Wildman–Crippen LogP) is 3.34. The summed E-state index contributed by atoms with van der Waals surface area (Å²) in [6.45, 7) is 1.61. The minimum atomic E-state index is -0.525. The lowest BCUT2D eigenvalue weighted by atomic mass is 9.89. The minimum absolute atomic E-state index is 0.100. The van der Waals surface area contributed by atoms with Gasteiger partial charge in [-0.1, -0.05) is 36.4 Å². The molecule has 3 atom stereocenters. The summed E-state index contributed by atoms with van der Waals surface area (Å²) in [5, 5.41) is 13.8. The normalized spacial score (nSPS) is 18.3. The number of methoxy groups -OCH3 is 1. The maximum Gasteiger partial charge on any atom is 0.118 e. The molecule has 0 fully saturated rings. The van der Waals surface area contributed by atoms with E-state index in [1.165, 1.54) is 16.7 Å². The van der Waals surface area contributed by atoms with Gasteiger partial charge < -0.3 is 24.8 Å². The SMILES string of the molecule is COc1ccc(C(CNCC(O)COC2CCCc3ccccc32)N(C)C)cc1. The molecule has 1 aliphatic rings. The predicted molar refractivity (Wildman–Crippen MR) is 116 cm³/mol. The molecular formula is C24H34N2O3. The molecule has 5 nitrogen and oxygen atoms in total. The van der Waals surface area contributed by atoms with Crippen LogP contribution < -0.4 is 10.1 Å². The maximum absolute atomic E-state index is 10.4. The third-order valence-corrected chi connectivity index (χ3v) is 5.65. The Balaban J connectivity index is 1.45. The fourth-order valence-corrected chi connectivity index (χ4v) is 3.98. The first-order valence-electron chi connectivity index (χ1n) is 10.5. The molecule has 2 aromatic carbocycles. The molecule has 0 radical (unpaired) electrons. The summed E-state index contributed by atoms with van der Waals surface area (Å²) < 4.78 is 11.3. The van der Waals surface area contributed by atoms with Crippen molar-refractivity contribution in [2.24, 2.45) is 0 Å². The number of nitrogens with one attached hydrogen (secondary N) is 1. The summed E-state index contributed by atoms with van der Waals surface area (Å²) in [6.07, 6.45) is 2.86. The molecule has 0 saturated carbocycles. The second-order valence-electron chi connectivity index (χ2n) is 7.98. The highest BCUT2D eigenvalue weighted by Crippen LogP contribution is 2.32. The summed E-state index contributed by atoms with van der Waals surface area (Å²) in [7, 11) is 5.81. The summed E-state index contributed by atoms with van der Waals surface area (Å²) in [5.41, 5.74) is 3.88. The first-order chi connectivity index (χ1) is 14.1. The van der Waals surface area contributed by atoms with Gasteiger partial charge in [0.2, 0.25) is 0 Å². The Bertz CT molecular complexity index is 748. The molecule has 2 N–H and O–H groups in total. The van der Waals surface area contributed by atoms with Crippen molar-refractivity contribution in [1.29, 1.82) is 0 Å². The highest BCUT2D eigenvalue weighted by atomic mass is 16.5. The first-order valence-corrected chi connectivity index (χ1v) is 10.5. The molecule has 2 aromatic rings. The van der Waals surface area contributed by atoms with Gasteiger partial charge >= 0.3 is 0 Å². The van der Waals surface area contributed by atoms with Crippen LogP contribution in [0, 0.1) is 0 Å². The lowest BCUT2D eigenvalue weighted by Gasteiger charge is -2.28. The Morgan fingerprint density at radius 2 is 1.86 bits per heavy atom. The van der Waals surface area contributed by atoms with E-state index in [-0.39, 0.29) is 12.1 Å². The second kappa shape index (κ2) is 10.7. The molecule has 3 rings (SSSR count). The van der Waals surface area contributed by atoms with Crippen molar-refractivity contribution in [1.82, 2.24) is 10.2 Å². The number of aliphatic hydroxyl groups is 1. The number of hydrogen-bond donors (Lipinski definition) is 2. The minimum Gasteiger partial charge on any atom is -0.497 e. The zero-order chi connectivity index (χ0) is 20.6. The number of aliphatic hydroxyl groups excluding tert-OH is 1. The van der Waals surface area contributed by atoms with Gasteiger partial charge in [-0.15, -0.1) is 0 Å². The molecule has 0 aliphatic heterocycles. The molecule has 1 aliphatic carbocycles. The van der Waals surface area contributed by atoms with Gasteiger partial charge in [-0.2, -0.15) is 0 Å².